The van der Waals surface area contributed by atoms with Crippen molar-refractivity contribution >= 4 is 19.8 Å². The maximum absolute atomic E-state index is 14.7. The molecule has 1 aliphatic heterocycles. The van der Waals surface area contributed by atoms with Gasteiger partial charge in [-0.2, -0.15) is 0 Å². The van der Waals surface area contributed by atoms with Crippen LogP contribution in [-0.4, -0.2) is 50.3 Å². The molecule has 2 unspecified atom stereocenters. The largest absolute Gasteiger partial charge is 0.459 e. The van der Waals surface area contributed by atoms with Gasteiger partial charge in [0.15, 0.2) is 12.3 Å². The number of rotatable bonds is 5. The number of hydrogen-bond acceptors (Lipinski definition) is 5. The fraction of sp³-hybridized carbons (Fsp3) is 0.300. The fourth-order valence-corrected chi connectivity index (χ4v) is 3.07. The highest BCUT2D eigenvalue weighted by atomic mass is 19.1. The summed E-state index contributed by atoms with van der Waals surface area (Å²) in [6.45, 7) is 1.34. The average Bonchev–Trinajstić information content (AvgIpc) is 2.91. The second kappa shape index (κ2) is 7.92. The summed E-state index contributed by atoms with van der Waals surface area (Å²) in [5.41, 5.74) is -0.595. The van der Waals surface area contributed by atoms with E-state index in [1.807, 2.05) is 0 Å². The minimum Gasteiger partial charge on any atom is -0.459 e. The summed E-state index contributed by atoms with van der Waals surface area (Å²) < 4.78 is 31.0. The Morgan fingerprint density at radius 1 is 1.04 bits per heavy atom. The molecule has 3 rings (SSSR count). The summed E-state index contributed by atoms with van der Waals surface area (Å²) in [4.78, 5) is 24.5. The number of alkyl halides is 1. The van der Waals surface area contributed by atoms with Crippen LogP contribution in [-0.2, 0) is 14.2 Å². The zero-order chi connectivity index (χ0) is 19.4. The summed E-state index contributed by atoms with van der Waals surface area (Å²) in [5.74, 6) is -1.20. The van der Waals surface area contributed by atoms with Gasteiger partial charge in [-0.25, -0.2) is 14.0 Å². The lowest BCUT2D eigenvalue weighted by molar-refractivity contribution is -0.0959. The first-order valence-corrected chi connectivity index (χ1v) is 8.71. The van der Waals surface area contributed by atoms with Crippen LogP contribution < -0.4 is 0 Å². The Labute approximate surface area is 157 Å². The van der Waals surface area contributed by atoms with Crippen LogP contribution in [0.4, 0.5) is 4.39 Å². The van der Waals surface area contributed by atoms with E-state index < -0.39 is 35.8 Å². The van der Waals surface area contributed by atoms with Gasteiger partial charge in [0, 0.05) is 0 Å². The lowest BCUT2D eigenvalue weighted by Gasteiger charge is -2.29. The summed E-state index contributed by atoms with van der Waals surface area (Å²) in [6.07, 6.45) is -2.72. The van der Waals surface area contributed by atoms with Crippen molar-refractivity contribution in [2.45, 2.75) is 30.8 Å². The van der Waals surface area contributed by atoms with E-state index in [0.717, 1.165) is 0 Å². The van der Waals surface area contributed by atoms with Crippen molar-refractivity contribution in [2.75, 3.05) is 6.61 Å². The predicted octanol–water partition coefficient (Wildman–Crippen LogP) is 2.16. The zero-order valence-electron chi connectivity index (χ0n) is 15.1. The molecule has 0 radical (unpaired) electrons. The van der Waals surface area contributed by atoms with Gasteiger partial charge in [-0.15, -0.1) is 0 Å². The van der Waals surface area contributed by atoms with Crippen molar-refractivity contribution < 1.29 is 28.2 Å². The van der Waals surface area contributed by atoms with Gasteiger partial charge in [-0.3, -0.25) is 0 Å². The normalized spacial score (nSPS) is 27.1. The van der Waals surface area contributed by atoms with Crippen molar-refractivity contribution in [2.24, 2.45) is 0 Å². The van der Waals surface area contributed by atoms with Crippen LogP contribution in [0.5, 0.6) is 0 Å². The summed E-state index contributed by atoms with van der Waals surface area (Å²) in [7, 11) is 1.55. The molecule has 0 bridgehead atoms. The molecule has 0 spiro atoms. The molecule has 2 aromatic carbocycles. The van der Waals surface area contributed by atoms with E-state index in [1.54, 1.807) is 75.4 Å². The van der Waals surface area contributed by atoms with Crippen LogP contribution in [0, 0.1) is 0 Å². The maximum atomic E-state index is 14.7. The topological polar surface area (TPSA) is 61.8 Å². The second-order valence-corrected chi connectivity index (χ2v) is 6.71. The molecule has 0 N–H and O–H groups in total. The first kappa shape index (κ1) is 19.1. The molecular formula is C20H20BFO5. The average molecular weight is 370 g/mol. The predicted molar refractivity (Wildman–Crippen MR) is 99.1 cm³/mol. The Hall–Kier alpha value is -2.67. The van der Waals surface area contributed by atoms with Crippen molar-refractivity contribution in [3.8, 4) is 0 Å². The molecule has 2 aromatic rings. The third-order valence-corrected chi connectivity index (χ3v) is 4.54. The molecule has 0 amide bonds. The molecule has 1 saturated heterocycles. The van der Waals surface area contributed by atoms with E-state index in [4.69, 9.17) is 14.2 Å². The van der Waals surface area contributed by atoms with Gasteiger partial charge in [0.25, 0.3) is 0 Å². The molecular weight excluding hydrogens is 350 g/mol. The molecule has 1 fully saturated rings. The number of hydrogen-bond donors (Lipinski definition) is 0. The van der Waals surface area contributed by atoms with Crippen molar-refractivity contribution in [1.29, 1.82) is 0 Å². The van der Waals surface area contributed by atoms with Crippen LogP contribution in [0.2, 0.25) is 0 Å². The number of ether oxygens (including phenoxy) is 3. The molecule has 140 valence electrons. The lowest BCUT2D eigenvalue weighted by Crippen LogP contribution is -2.46. The molecule has 27 heavy (non-hydrogen) atoms. The van der Waals surface area contributed by atoms with Gasteiger partial charge >= 0.3 is 11.9 Å². The third-order valence-electron chi connectivity index (χ3n) is 4.54. The van der Waals surface area contributed by atoms with E-state index >= 15 is 0 Å². The van der Waals surface area contributed by atoms with Crippen molar-refractivity contribution in [3.63, 3.8) is 0 Å². The Kier molecular flexibility index (Phi) is 5.61. The smallest absolute Gasteiger partial charge is 0.338 e. The fourth-order valence-electron chi connectivity index (χ4n) is 3.07. The van der Waals surface area contributed by atoms with E-state index in [9.17, 15) is 14.0 Å². The van der Waals surface area contributed by atoms with E-state index in [2.05, 4.69) is 0 Å². The molecule has 5 nitrogen and oxygen atoms in total. The molecule has 1 aliphatic rings. The minimum atomic E-state index is -1.53. The van der Waals surface area contributed by atoms with Crippen LogP contribution in [0.15, 0.2) is 60.7 Å². The van der Waals surface area contributed by atoms with Gasteiger partial charge in [-0.05, 0) is 31.2 Å². The third kappa shape index (κ3) is 4.19. The van der Waals surface area contributed by atoms with Crippen LogP contribution >= 0.6 is 0 Å². The van der Waals surface area contributed by atoms with Gasteiger partial charge in [0.1, 0.15) is 20.1 Å². The Bertz CT molecular complexity index is 801. The lowest BCUT2D eigenvalue weighted by atomic mass is 9.91. The number of carbonyl (C=O) groups excluding carboxylic acids is 2. The van der Waals surface area contributed by atoms with Crippen LogP contribution in [0.25, 0.3) is 0 Å². The molecule has 0 aliphatic carbocycles. The molecule has 4 atom stereocenters. The summed E-state index contributed by atoms with van der Waals surface area (Å²) in [5, 5.41) is 0. The first-order valence-electron chi connectivity index (χ1n) is 8.71. The number of esters is 2. The van der Waals surface area contributed by atoms with Crippen molar-refractivity contribution in [1.82, 2.24) is 0 Å². The highest BCUT2D eigenvalue weighted by Gasteiger charge is 2.54. The van der Waals surface area contributed by atoms with Gasteiger partial charge in [-0.1, -0.05) is 36.4 Å². The highest BCUT2D eigenvalue weighted by molar-refractivity contribution is 6.11. The van der Waals surface area contributed by atoms with E-state index in [0.29, 0.717) is 11.1 Å². The standard InChI is InChI=1S/C20H20BFO5/c1-20(12-25-18(23)13-8-4-2-5-9-13)16(15(22)17(21)27-20)26-19(24)14-10-6-3-7-11-14/h2-11,15-17H,12,21H2,1H3/t15?,16?,17-,20-/m1/s1. The van der Waals surface area contributed by atoms with E-state index in [-0.39, 0.29) is 6.61 Å². The van der Waals surface area contributed by atoms with Crippen LogP contribution in [0.1, 0.15) is 27.6 Å². The number of halogens is 1. The molecule has 7 heteroatoms. The monoisotopic (exact) mass is 370 g/mol. The second-order valence-electron chi connectivity index (χ2n) is 6.71. The Morgan fingerprint density at radius 3 is 2.11 bits per heavy atom. The summed E-state index contributed by atoms with van der Waals surface area (Å²) in [6, 6.07) is 16.0. The highest BCUT2D eigenvalue weighted by Crippen LogP contribution is 2.35. The number of benzene rings is 2. The summed E-state index contributed by atoms with van der Waals surface area (Å²) >= 11 is 0. The first-order chi connectivity index (χ1) is 12.9. The molecule has 0 saturated carbocycles. The molecule has 0 aromatic heterocycles. The van der Waals surface area contributed by atoms with Gasteiger partial charge < -0.3 is 14.2 Å². The Balaban J connectivity index is 1.71. The van der Waals surface area contributed by atoms with Crippen LogP contribution in [0.3, 0.4) is 0 Å². The van der Waals surface area contributed by atoms with Gasteiger partial charge in [0.2, 0.25) is 0 Å². The minimum absolute atomic E-state index is 0.238. The van der Waals surface area contributed by atoms with E-state index in [1.165, 1.54) is 0 Å². The SMILES string of the molecule is B[C@@H]1O[C@](C)(COC(=O)c2ccccc2)C(OC(=O)c2ccccc2)C1F. The van der Waals surface area contributed by atoms with Crippen molar-refractivity contribution in [3.05, 3.63) is 71.8 Å². The number of carbonyl (C=O) groups is 2. The Morgan fingerprint density at radius 2 is 1.56 bits per heavy atom. The van der Waals surface area contributed by atoms with Gasteiger partial charge in [0.05, 0.1) is 17.1 Å². The molecule has 1 heterocycles. The maximum Gasteiger partial charge on any atom is 0.338 e. The zero-order valence-corrected chi connectivity index (χ0v) is 15.1. The quantitative estimate of drug-likeness (QED) is 0.596.